The molecule has 0 aliphatic rings. The van der Waals surface area contributed by atoms with Gasteiger partial charge in [0.25, 0.3) is 11.6 Å². The number of esters is 1. The summed E-state index contributed by atoms with van der Waals surface area (Å²) in [4.78, 5) is 34.9. The SMILES string of the molecule is COC(=O)CN(C)C(=O)c1ccc(-c2ccc([N+](=O)[O-])cc2)cc1. The summed E-state index contributed by atoms with van der Waals surface area (Å²) >= 11 is 0. The van der Waals surface area contributed by atoms with Crippen LogP contribution in [0.4, 0.5) is 5.69 Å². The number of nitro benzene ring substituents is 1. The maximum absolute atomic E-state index is 12.2. The molecule has 0 aliphatic carbocycles. The molecule has 0 saturated carbocycles. The van der Waals surface area contributed by atoms with Gasteiger partial charge in [-0.2, -0.15) is 0 Å². The van der Waals surface area contributed by atoms with Crippen molar-refractivity contribution < 1.29 is 19.2 Å². The van der Waals surface area contributed by atoms with Crippen LogP contribution in [0.25, 0.3) is 11.1 Å². The Morgan fingerprint density at radius 3 is 2.00 bits per heavy atom. The zero-order valence-corrected chi connectivity index (χ0v) is 13.3. The van der Waals surface area contributed by atoms with E-state index < -0.39 is 10.9 Å². The van der Waals surface area contributed by atoms with Crippen LogP contribution in [-0.4, -0.2) is 42.4 Å². The van der Waals surface area contributed by atoms with Gasteiger partial charge in [-0.3, -0.25) is 19.7 Å². The molecule has 0 fully saturated rings. The van der Waals surface area contributed by atoms with Crippen molar-refractivity contribution in [3.8, 4) is 11.1 Å². The highest BCUT2D eigenvalue weighted by atomic mass is 16.6. The summed E-state index contributed by atoms with van der Waals surface area (Å²) in [5.41, 5.74) is 2.10. The van der Waals surface area contributed by atoms with E-state index in [9.17, 15) is 19.7 Å². The largest absolute Gasteiger partial charge is 0.468 e. The van der Waals surface area contributed by atoms with Gasteiger partial charge in [-0.15, -0.1) is 0 Å². The number of rotatable bonds is 5. The number of non-ortho nitro benzene ring substituents is 1. The molecule has 0 radical (unpaired) electrons. The number of likely N-dealkylation sites (N-methyl/N-ethyl adjacent to an activating group) is 1. The first kappa shape index (κ1) is 17.1. The second kappa shape index (κ2) is 7.36. The molecule has 0 heterocycles. The number of hydrogen-bond acceptors (Lipinski definition) is 5. The summed E-state index contributed by atoms with van der Waals surface area (Å²) in [6.07, 6.45) is 0. The molecule has 0 atom stereocenters. The molecule has 0 saturated heterocycles. The van der Waals surface area contributed by atoms with Crippen LogP contribution in [0.3, 0.4) is 0 Å². The Morgan fingerprint density at radius 1 is 1.04 bits per heavy atom. The Bertz CT molecular complexity index is 754. The third-order valence-electron chi connectivity index (χ3n) is 3.48. The summed E-state index contributed by atoms with van der Waals surface area (Å²) in [6.45, 7) is -0.126. The van der Waals surface area contributed by atoms with E-state index in [0.29, 0.717) is 5.56 Å². The Hall–Kier alpha value is -3.22. The van der Waals surface area contributed by atoms with Crippen LogP contribution in [0.2, 0.25) is 0 Å². The van der Waals surface area contributed by atoms with Crippen LogP contribution in [0.15, 0.2) is 48.5 Å². The monoisotopic (exact) mass is 328 g/mol. The first-order valence-electron chi connectivity index (χ1n) is 7.09. The van der Waals surface area contributed by atoms with E-state index in [1.165, 1.54) is 31.2 Å². The number of ether oxygens (including phenoxy) is 1. The maximum Gasteiger partial charge on any atom is 0.325 e. The highest BCUT2D eigenvalue weighted by Gasteiger charge is 2.15. The van der Waals surface area contributed by atoms with E-state index in [1.807, 2.05) is 0 Å². The number of nitrogens with zero attached hydrogens (tertiary/aromatic N) is 2. The predicted molar refractivity (Wildman–Crippen MR) is 87.5 cm³/mol. The summed E-state index contributed by atoms with van der Waals surface area (Å²) in [7, 11) is 2.78. The van der Waals surface area contributed by atoms with Gasteiger partial charge in [0.2, 0.25) is 0 Å². The van der Waals surface area contributed by atoms with Crippen molar-refractivity contribution in [2.24, 2.45) is 0 Å². The van der Waals surface area contributed by atoms with E-state index in [2.05, 4.69) is 4.74 Å². The fourth-order valence-electron chi connectivity index (χ4n) is 2.13. The van der Waals surface area contributed by atoms with Crippen LogP contribution in [0.5, 0.6) is 0 Å². The zero-order valence-electron chi connectivity index (χ0n) is 13.3. The Labute approximate surface area is 138 Å². The van der Waals surface area contributed by atoms with Gasteiger partial charge in [0.15, 0.2) is 0 Å². The van der Waals surface area contributed by atoms with Crippen LogP contribution in [-0.2, 0) is 9.53 Å². The van der Waals surface area contributed by atoms with Gasteiger partial charge in [-0.25, -0.2) is 0 Å². The molecule has 0 bridgehead atoms. The van der Waals surface area contributed by atoms with Gasteiger partial charge in [-0.1, -0.05) is 12.1 Å². The minimum atomic E-state index is -0.492. The molecule has 0 aromatic heterocycles. The molecule has 2 aromatic rings. The van der Waals surface area contributed by atoms with E-state index in [-0.39, 0.29) is 18.1 Å². The number of carbonyl (C=O) groups excluding carboxylic acids is 2. The molecule has 24 heavy (non-hydrogen) atoms. The third-order valence-corrected chi connectivity index (χ3v) is 3.48. The minimum Gasteiger partial charge on any atom is -0.468 e. The average Bonchev–Trinajstić information content (AvgIpc) is 2.61. The molecule has 2 aromatic carbocycles. The Balaban J connectivity index is 2.13. The van der Waals surface area contributed by atoms with Crippen LogP contribution in [0, 0.1) is 10.1 Å². The second-order valence-corrected chi connectivity index (χ2v) is 5.12. The van der Waals surface area contributed by atoms with Gasteiger partial charge in [0, 0.05) is 24.7 Å². The third kappa shape index (κ3) is 3.95. The lowest BCUT2D eigenvalue weighted by molar-refractivity contribution is -0.384. The maximum atomic E-state index is 12.2. The number of methoxy groups -OCH3 is 1. The summed E-state index contributed by atoms with van der Waals surface area (Å²) in [5, 5.41) is 10.7. The zero-order chi connectivity index (χ0) is 17.7. The van der Waals surface area contributed by atoms with Crippen molar-refractivity contribution in [1.82, 2.24) is 4.90 Å². The van der Waals surface area contributed by atoms with E-state index in [4.69, 9.17) is 0 Å². The van der Waals surface area contributed by atoms with Crippen LogP contribution in [0.1, 0.15) is 10.4 Å². The summed E-state index contributed by atoms with van der Waals surface area (Å²) < 4.78 is 4.53. The normalized spacial score (nSPS) is 10.1. The second-order valence-electron chi connectivity index (χ2n) is 5.12. The van der Waals surface area contributed by atoms with E-state index >= 15 is 0 Å². The fourth-order valence-corrected chi connectivity index (χ4v) is 2.13. The molecule has 0 spiro atoms. The molecule has 7 heteroatoms. The van der Waals surface area contributed by atoms with Gasteiger partial charge < -0.3 is 9.64 Å². The van der Waals surface area contributed by atoms with Crippen molar-refractivity contribution in [3.63, 3.8) is 0 Å². The van der Waals surface area contributed by atoms with Crippen LogP contribution >= 0.6 is 0 Å². The van der Waals surface area contributed by atoms with Gasteiger partial charge in [0.05, 0.1) is 12.0 Å². The highest BCUT2D eigenvalue weighted by Crippen LogP contribution is 2.23. The highest BCUT2D eigenvalue weighted by molar-refractivity contribution is 5.96. The lowest BCUT2D eigenvalue weighted by atomic mass is 10.0. The number of nitro groups is 1. The van der Waals surface area contributed by atoms with Gasteiger partial charge in [-0.05, 0) is 35.4 Å². The number of amides is 1. The molecule has 0 unspecified atom stereocenters. The summed E-state index contributed by atoms with van der Waals surface area (Å²) in [5.74, 6) is -0.788. The molecule has 7 nitrogen and oxygen atoms in total. The van der Waals surface area contributed by atoms with Crippen molar-refractivity contribution in [3.05, 3.63) is 64.2 Å². The quantitative estimate of drug-likeness (QED) is 0.478. The smallest absolute Gasteiger partial charge is 0.325 e. The first-order chi connectivity index (χ1) is 11.4. The number of hydrogen-bond donors (Lipinski definition) is 0. The number of carbonyl (C=O) groups is 2. The first-order valence-corrected chi connectivity index (χ1v) is 7.09. The molecule has 1 amide bonds. The Morgan fingerprint density at radius 2 is 1.54 bits per heavy atom. The van der Waals surface area contributed by atoms with Crippen molar-refractivity contribution in [2.45, 2.75) is 0 Å². The van der Waals surface area contributed by atoms with Gasteiger partial charge >= 0.3 is 5.97 Å². The molecule has 0 aliphatic heterocycles. The van der Waals surface area contributed by atoms with Crippen molar-refractivity contribution >= 4 is 17.6 Å². The lowest BCUT2D eigenvalue weighted by Crippen LogP contribution is -2.32. The Kier molecular flexibility index (Phi) is 5.26. The topological polar surface area (TPSA) is 89.8 Å². The fraction of sp³-hybridized carbons (Fsp3) is 0.176. The molecular weight excluding hydrogens is 312 g/mol. The van der Waals surface area contributed by atoms with E-state index in [0.717, 1.165) is 11.1 Å². The number of benzene rings is 2. The molecule has 0 N–H and O–H groups in total. The molecule has 124 valence electrons. The summed E-state index contributed by atoms with van der Waals surface area (Å²) in [6, 6.07) is 13.0. The van der Waals surface area contributed by atoms with Gasteiger partial charge in [0.1, 0.15) is 6.54 Å². The lowest BCUT2D eigenvalue weighted by Gasteiger charge is -2.15. The van der Waals surface area contributed by atoms with Crippen molar-refractivity contribution in [2.75, 3.05) is 20.7 Å². The standard InChI is InChI=1S/C17H16N2O5/c1-18(11-16(20)24-2)17(21)14-5-3-12(4-6-14)13-7-9-15(10-8-13)19(22)23/h3-10H,11H2,1-2H3. The van der Waals surface area contributed by atoms with E-state index in [1.54, 1.807) is 36.4 Å². The predicted octanol–water partition coefficient (Wildman–Crippen LogP) is 2.51. The molecule has 2 rings (SSSR count). The van der Waals surface area contributed by atoms with Crippen molar-refractivity contribution in [1.29, 1.82) is 0 Å². The average molecular weight is 328 g/mol. The van der Waals surface area contributed by atoms with Crippen LogP contribution < -0.4 is 0 Å². The molecular formula is C17H16N2O5. The minimum absolute atomic E-state index is 0.0231.